The highest BCUT2D eigenvalue weighted by molar-refractivity contribution is 7.99. The van der Waals surface area contributed by atoms with E-state index in [0.717, 1.165) is 22.7 Å². The second kappa shape index (κ2) is 10.5. The Morgan fingerprint density at radius 2 is 1.85 bits per heavy atom. The minimum atomic E-state index is -0.429. The Morgan fingerprint density at radius 1 is 1.15 bits per heavy atom. The molecule has 1 N–H and O–H groups in total. The molecule has 3 aromatic rings. The van der Waals surface area contributed by atoms with Crippen LogP contribution in [-0.4, -0.2) is 44.0 Å². The monoisotopic (exact) mass is 487 g/mol. The molecule has 10 heteroatoms. The summed E-state index contributed by atoms with van der Waals surface area (Å²) in [4.78, 5) is 29.1. The minimum Gasteiger partial charge on any atom is -0.462 e. The molecule has 8 nitrogen and oxygen atoms in total. The lowest BCUT2D eigenvalue weighted by atomic mass is 9.87. The quantitative estimate of drug-likeness (QED) is 0.355. The Labute approximate surface area is 202 Å². The minimum absolute atomic E-state index is 0.0817. The fourth-order valence-electron chi connectivity index (χ4n) is 3.13. The van der Waals surface area contributed by atoms with E-state index in [1.807, 2.05) is 11.5 Å². The molecule has 0 spiro atoms. The lowest BCUT2D eigenvalue weighted by Crippen LogP contribution is -2.14. The number of hydrogen-bond donors (Lipinski definition) is 1. The molecule has 1 amide bonds. The first kappa shape index (κ1) is 24.9. The number of hydrogen-bond acceptors (Lipinski definition) is 8. The van der Waals surface area contributed by atoms with Gasteiger partial charge in [-0.1, -0.05) is 68.1 Å². The Bertz CT molecular complexity index is 1130. The molecule has 33 heavy (non-hydrogen) atoms. The van der Waals surface area contributed by atoms with Crippen molar-refractivity contribution >= 4 is 40.1 Å². The van der Waals surface area contributed by atoms with E-state index >= 15 is 0 Å². The molecule has 0 atom stereocenters. The molecule has 0 radical (unpaired) electrons. The average molecular weight is 488 g/mol. The van der Waals surface area contributed by atoms with Crippen LogP contribution in [0.5, 0.6) is 0 Å². The van der Waals surface area contributed by atoms with E-state index in [1.165, 1.54) is 17.3 Å². The molecule has 0 fully saturated rings. The molecule has 176 valence electrons. The topological polar surface area (TPSA) is 99.0 Å². The van der Waals surface area contributed by atoms with Gasteiger partial charge in [-0.3, -0.25) is 4.79 Å². The fourth-order valence-corrected chi connectivity index (χ4v) is 4.81. The van der Waals surface area contributed by atoms with Crippen molar-refractivity contribution in [1.29, 1.82) is 0 Å². The normalized spacial score (nSPS) is 11.5. The highest BCUT2D eigenvalue weighted by Gasteiger charge is 2.19. The van der Waals surface area contributed by atoms with E-state index in [9.17, 15) is 9.59 Å². The lowest BCUT2D eigenvalue weighted by Gasteiger charge is -2.19. The summed E-state index contributed by atoms with van der Waals surface area (Å²) in [7, 11) is 0. The molecule has 2 heterocycles. The second-order valence-corrected chi connectivity index (χ2v) is 10.3. The number of benzene rings is 1. The summed E-state index contributed by atoms with van der Waals surface area (Å²) in [5, 5.41) is 12.5. The number of aryl methyl sites for hydroxylation is 1. The molecule has 0 aliphatic rings. The van der Waals surface area contributed by atoms with Crippen LogP contribution < -0.4 is 5.32 Å². The average Bonchev–Trinajstić information content (AvgIpc) is 3.34. The molecule has 1 aromatic carbocycles. The van der Waals surface area contributed by atoms with Crippen LogP contribution in [0.2, 0.25) is 0 Å². The van der Waals surface area contributed by atoms with Gasteiger partial charge in [0, 0.05) is 12.1 Å². The van der Waals surface area contributed by atoms with Crippen LogP contribution in [0.25, 0.3) is 11.4 Å². The van der Waals surface area contributed by atoms with Crippen LogP contribution in [0.15, 0.2) is 29.4 Å². The van der Waals surface area contributed by atoms with Crippen LogP contribution in [0, 0.1) is 6.92 Å². The maximum atomic E-state index is 12.5. The van der Waals surface area contributed by atoms with E-state index in [0.29, 0.717) is 27.4 Å². The highest BCUT2D eigenvalue weighted by atomic mass is 32.2. The Hall–Kier alpha value is -2.72. The number of esters is 1. The third kappa shape index (κ3) is 6.00. The van der Waals surface area contributed by atoms with Gasteiger partial charge in [0.25, 0.3) is 0 Å². The van der Waals surface area contributed by atoms with Crippen molar-refractivity contribution in [1.82, 2.24) is 19.7 Å². The maximum Gasteiger partial charge on any atom is 0.350 e. The van der Waals surface area contributed by atoms with Crippen molar-refractivity contribution in [3.05, 3.63) is 40.4 Å². The maximum absolute atomic E-state index is 12.5. The standard InChI is InChI=1S/C23H29N5O3S2/c1-7-28-19(15-9-11-16(12-10-15)23(4,5)6)26-27-22(28)32-13-17(29)25-21-24-14(3)18(33-21)20(30)31-8-2/h9-12H,7-8,13H2,1-6H3,(H,24,25,29). The van der Waals surface area contributed by atoms with Crippen LogP contribution in [0.1, 0.15) is 55.5 Å². The van der Waals surface area contributed by atoms with Gasteiger partial charge in [-0.05, 0) is 31.7 Å². The van der Waals surface area contributed by atoms with Gasteiger partial charge < -0.3 is 14.6 Å². The van der Waals surface area contributed by atoms with Crippen LogP contribution in [0.4, 0.5) is 5.13 Å². The summed E-state index contributed by atoms with van der Waals surface area (Å²) in [6.45, 7) is 13.0. The first-order valence-electron chi connectivity index (χ1n) is 10.7. The Kier molecular flexibility index (Phi) is 7.91. The van der Waals surface area contributed by atoms with Crippen molar-refractivity contribution in [3.63, 3.8) is 0 Å². The Morgan fingerprint density at radius 3 is 2.45 bits per heavy atom. The number of carbonyl (C=O) groups excluding carboxylic acids is 2. The van der Waals surface area contributed by atoms with Crippen molar-refractivity contribution in [2.24, 2.45) is 0 Å². The van der Waals surface area contributed by atoms with Crippen LogP contribution >= 0.6 is 23.1 Å². The molecule has 2 aromatic heterocycles. The van der Waals surface area contributed by atoms with Gasteiger partial charge in [-0.2, -0.15) is 0 Å². The second-order valence-electron chi connectivity index (χ2n) is 8.37. The third-order valence-corrected chi connectivity index (χ3v) is 6.90. The van der Waals surface area contributed by atoms with E-state index < -0.39 is 5.97 Å². The SMILES string of the molecule is CCOC(=O)c1sc(NC(=O)CSc2nnc(-c3ccc(C(C)(C)C)cc3)n2CC)nc1C. The zero-order valence-corrected chi connectivity index (χ0v) is 21.4. The molecule has 0 saturated heterocycles. The number of nitrogens with zero attached hydrogens (tertiary/aromatic N) is 4. The zero-order valence-electron chi connectivity index (χ0n) is 19.8. The van der Waals surface area contributed by atoms with Gasteiger partial charge in [0.2, 0.25) is 5.91 Å². The van der Waals surface area contributed by atoms with Gasteiger partial charge in [0.15, 0.2) is 16.1 Å². The van der Waals surface area contributed by atoms with E-state index in [1.54, 1.807) is 13.8 Å². The van der Waals surface area contributed by atoms with E-state index in [4.69, 9.17) is 4.74 Å². The molecular formula is C23H29N5O3S2. The van der Waals surface area contributed by atoms with Crippen molar-refractivity contribution in [2.45, 2.75) is 58.7 Å². The molecule has 3 rings (SSSR count). The van der Waals surface area contributed by atoms with Crippen molar-refractivity contribution < 1.29 is 14.3 Å². The Balaban J connectivity index is 1.66. The van der Waals surface area contributed by atoms with Gasteiger partial charge in [-0.15, -0.1) is 10.2 Å². The first-order valence-corrected chi connectivity index (χ1v) is 12.6. The van der Waals surface area contributed by atoms with Crippen LogP contribution in [-0.2, 0) is 21.5 Å². The first-order chi connectivity index (χ1) is 15.6. The fraction of sp³-hybridized carbons (Fsp3) is 0.435. The summed E-state index contributed by atoms with van der Waals surface area (Å²) in [6.07, 6.45) is 0. The van der Waals surface area contributed by atoms with Crippen molar-refractivity contribution in [2.75, 3.05) is 17.7 Å². The van der Waals surface area contributed by atoms with Crippen molar-refractivity contribution in [3.8, 4) is 11.4 Å². The zero-order chi connectivity index (χ0) is 24.2. The number of thioether (sulfide) groups is 1. The molecule has 0 aliphatic carbocycles. The summed E-state index contributed by atoms with van der Waals surface area (Å²) in [6, 6.07) is 8.35. The van der Waals surface area contributed by atoms with Gasteiger partial charge >= 0.3 is 5.97 Å². The summed E-state index contributed by atoms with van der Waals surface area (Å²) in [5.41, 5.74) is 2.86. The molecular weight excluding hydrogens is 458 g/mol. The molecule has 0 unspecified atom stereocenters. The number of rotatable bonds is 8. The summed E-state index contributed by atoms with van der Waals surface area (Å²) >= 11 is 2.42. The van der Waals surface area contributed by atoms with Gasteiger partial charge in [0.05, 0.1) is 18.1 Å². The summed E-state index contributed by atoms with van der Waals surface area (Å²) in [5.74, 6) is 0.261. The van der Waals surface area contributed by atoms with Gasteiger partial charge in [-0.25, -0.2) is 9.78 Å². The molecule has 0 bridgehead atoms. The van der Waals surface area contributed by atoms with E-state index in [2.05, 4.69) is 65.5 Å². The molecule has 0 saturated carbocycles. The largest absolute Gasteiger partial charge is 0.462 e. The van der Waals surface area contributed by atoms with Gasteiger partial charge in [0.1, 0.15) is 4.88 Å². The predicted octanol–water partition coefficient (Wildman–Crippen LogP) is 4.93. The van der Waals surface area contributed by atoms with Crippen LogP contribution in [0.3, 0.4) is 0 Å². The number of thiazole rings is 1. The highest BCUT2D eigenvalue weighted by Crippen LogP contribution is 2.28. The predicted molar refractivity (Wildman–Crippen MR) is 132 cm³/mol. The van der Waals surface area contributed by atoms with E-state index in [-0.39, 0.29) is 23.7 Å². The lowest BCUT2D eigenvalue weighted by molar-refractivity contribution is -0.113. The number of carbonyl (C=O) groups is 2. The number of anilines is 1. The summed E-state index contributed by atoms with van der Waals surface area (Å²) < 4.78 is 7.01. The number of aromatic nitrogens is 4. The molecule has 0 aliphatic heterocycles. The number of ether oxygens (including phenoxy) is 1. The number of nitrogens with one attached hydrogen (secondary N) is 1. The third-order valence-electron chi connectivity index (χ3n) is 4.88. The number of amides is 1. The smallest absolute Gasteiger partial charge is 0.350 e.